The Bertz CT molecular complexity index is 529. The zero-order valence-corrected chi connectivity index (χ0v) is 10.6. The molecule has 1 aromatic heterocycles. The molecule has 0 radical (unpaired) electrons. The first kappa shape index (κ1) is 12.4. The number of ketones is 1. The number of hydrogen-bond acceptors (Lipinski definition) is 3. The molecule has 0 amide bonds. The van der Waals surface area contributed by atoms with E-state index in [1.54, 1.807) is 23.0 Å². The predicted octanol–water partition coefficient (Wildman–Crippen LogP) is 2.24. The predicted molar refractivity (Wildman–Crippen MR) is 68.9 cm³/mol. The summed E-state index contributed by atoms with van der Waals surface area (Å²) < 4.78 is 7.03. The van der Waals surface area contributed by atoms with Crippen LogP contribution in [0.25, 0.3) is 0 Å². The Morgan fingerprint density at radius 3 is 2.61 bits per heavy atom. The first-order chi connectivity index (χ1) is 8.69. The molecule has 0 bridgehead atoms. The fraction of sp³-hybridized carbons (Fsp3) is 0.286. The van der Waals surface area contributed by atoms with Crippen molar-refractivity contribution in [2.75, 3.05) is 6.61 Å². The van der Waals surface area contributed by atoms with Crippen LogP contribution in [0.4, 0.5) is 0 Å². The minimum Gasteiger partial charge on any atom is -0.494 e. The zero-order valence-electron chi connectivity index (χ0n) is 10.6. The third-order valence-corrected chi connectivity index (χ3v) is 2.61. The molecule has 0 spiro atoms. The summed E-state index contributed by atoms with van der Waals surface area (Å²) in [6, 6.07) is 7.23. The third kappa shape index (κ3) is 2.97. The van der Waals surface area contributed by atoms with E-state index in [4.69, 9.17) is 4.74 Å². The summed E-state index contributed by atoms with van der Waals surface area (Å²) in [6.07, 6.45) is 3.95. The first-order valence-corrected chi connectivity index (χ1v) is 5.92. The van der Waals surface area contributed by atoms with Crippen molar-refractivity contribution in [2.45, 2.75) is 13.3 Å². The number of Topliss-reactive ketones (excluding diaryl/α,β-unsaturated/α-hetero) is 1. The smallest absolute Gasteiger partial charge is 0.167 e. The van der Waals surface area contributed by atoms with Crippen molar-refractivity contribution in [1.29, 1.82) is 0 Å². The maximum atomic E-state index is 12.0. The molecule has 0 atom stereocenters. The van der Waals surface area contributed by atoms with Gasteiger partial charge in [0.25, 0.3) is 0 Å². The monoisotopic (exact) mass is 244 g/mol. The normalized spacial score (nSPS) is 10.3. The highest BCUT2D eigenvalue weighted by molar-refractivity contribution is 5.97. The van der Waals surface area contributed by atoms with Crippen LogP contribution in [-0.2, 0) is 13.5 Å². The molecular formula is C14H16N2O2. The van der Waals surface area contributed by atoms with E-state index in [-0.39, 0.29) is 5.78 Å². The van der Waals surface area contributed by atoms with E-state index in [2.05, 4.69) is 5.10 Å². The van der Waals surface area contributed by atoms with Crippen LogP contribution in [0.2, 0.25) is 0 Å². The molecule has 4 nitrogen and oxygen atoms in total. The van der Waals surface area contributed by atoms with Gasteiger partial charge in [-0.05, 0) is 36.8 Å². The van der Waals surface area contributed by atoms with Crippen LogP contribution in [0.1, 0.15) is 22.8 Å². The molecule has 2 aromatic rings. The number of hydrogen-bond donors (Lipinski definition) is 0. The molecule has 0 aliphatic heterocycles. The highest BCUT2D eigenvalue weighted by Crippen LogP contribution is 2.14. The van der Waals surface area contributed by atoms with Crippen molar-refractivity contribution in [3.63, 3.8) is 0 Å². The lowest BCUT2D eigenvalue weighted by molar-refractivity contribution is 0.0993. The third-order valence-electron chi connectivity index (χ3n) is 2.61. The summed E-state index contributed by atoms with van der Waals surface area (Å²) in [5.74, 6) is 0.876. The number of rotatable bonds is 5. The minimum absolute atomic E-state index is 0.0889. The highest BCUT2D eigenvalue weighted by Gasteiger charge is 2.08. The van der Waals surface area contributed by atoms with Gasteiger partial charge in [0.05, 0.1) is 12.8 Å². The minimum atomic E-state index is 0.0889. The van der Waals surface area contributed by atoms with E-state index in [0.29, 0.717) is 18.6 Å². The molecule has 0 aliphatic carbocycles. The largest absolute Gasteiger partial charge is 0.494 e. The quantitative estimate of drug-likeness (QED) is 0.758. The lowest BCUT2D eigenvalue weighted by Crippen LogP contribution is -2.03. The van der Waals surface area contributed by atoms with Crippen LogP contribution in [0.3, 0.4) is 0 Å². The highest BCUT2D eigenvalue weighted by atomic mass is 16.5. The second-order valence-electron chi connectivity index (χ2n) is 4.08. The van der Waals surface area contributed by atoms with Crippen molar-refractivity contribution >= 4 is 5.78 Å². The fourth-order valence-corrected chi connectivity index (χ4v) is 1.75. The Balaban J connectivity index is 2.04. The molecule has 0 aliphatic rings. The molecule has 0 fully saturated rings. The van der Waals surface area contributed by atoms with E-state index < -0.39 is 0 Å². The Kier molecular flexibility index (Phi) is 3.77. The fourth-order valence-electron chi connectivity index (χ4n) is 1.75. The topological polar surface area (TPSA) is 44.1 Å². The van der Waals surface area contributed by atoms with Crippen molar-refractivity contribution < 1.29 is 9.53 Å². The lowest BCUT2D eigenvalue weighted by atomic mass is 10.1. The molecule has 94 valence electrons. The summed E-state index contributed by atoms with van der Waals surface area (Å²) in [4.78, 5) is 12.0. The number of aryl methyl sites for hydroxylation is 1. The number of aromatic nitrogens is 2. The van der Waals surface area contributed by atoms with Crippen LogP contribution < -0.4 is 4.74 Å². The van der Waals surface area contributed by atoms with Crippen LogP contribution >= 0.6 is 0 Å². The van der Waals surface area contributed by atoms with Gasteiger partial charge < -0.3 is 4.74 Å². The maximum absolute atomic E-state index is 12.0. The molecule has 0 saturated heterocycles. The molecule has 2 rings (SSSR count). The number of ether oxygens (including phenoxy) is 1. The Morgan fingerprint density at radius 2 is 2.06 bits per heavy atom. The van der Waals surface area contributed by atoms with Gasteiger partial charge in [-0.2, -0.15) is 5.10 Å². The van der Waals surface area contributed by atoms with Gasteiger partial charge in [0, 0.05) is 25.2 Å². The van der Waals surface area contributed by atoms with Gasteiger partial charge in [0.1, 0.15) is 5.75 Å². The summed E-state index contributed by atoms with van der Waals surface area (Å²) in [5.41, 5.74) is 1.62. The van der Waals surface area contributed by atoms with Crippen LogP contribution in [0.5, 0.6) is 5.75 Å². The van der Waals surface area contributed by atoms with Crippen molar-refractivity contribution in [3.8, 4) is 5.75 Å². The number of carbonyl (C=O) groups is 1. The summed E-state index contributed by atoms with van der Waals surface area (Å²) in [6.45, 7) is 2.56. The maximum Gasteiger partial charge on any atom is 0.167 e. The average molecular weight is 244 g/mol. The Labute approximate surface area is 106 Å². The van der Waals surface area contributed by atoms with Crippen LogP contribution in [0.15, 0.2) is 36.7 Å². The second-order valence-corrected chi connectivity index (χ2v) is 4.08. The number of benzene rings is 1. The van der Waals surface area contributed by atoms with E-state index in [1.807, 2.05) is 32.3 Å². The number of carbonyl (C=O) groups excluding carboxylic acids is 1. The molecular weight excluding hydrogens is 228 g/mol. The van der Waals surface area contributed by atoms with E-state index in [9.17, 15) is 4.79 Å². The lowest BCUT2D eigenvalue weighted by Gasteiger charge is -2.03. The van der Waals surface area contributed by atoms with Crippen molar-refractivity contribution in [1.82, 2.24) is 9.78 Å². The van der Waals surface area contributed by atoms with Gasteiger partial charge in [-0.1, -0.05) is 0 Å². The summed E-state index contributed by atoms with van der Waals surface area (Å²) in [7, 11) is 1.84. The zero-order chi connectivity index (χ0) is 13.0. The van der Waals surface area contributed by atoms with Gasteiger partial charge in [0.15, 0.2) is 5.78 Å². The van der Waals surface area contributed by atoms with Gasteiger partial charge in [-0.15, -0.1) is 0 Å². The molecule has 18 heavy (non-hydrogen) atoms. The van der Waals surface area contributed by atoms with Crippen LogP contribution in [0, 0.1) is 0 Å². The molecule has 0 N–H and O–H groups in total. The van der Waals surface area contributed by atoms with Gasteiger partial charge in [0.2, 0.25) is 0 Å². The van der Waals surface area contributed by atoms with Crippen molar-refractivity contribution in [2.24, 2.45) is 7.05 Å². The first-order valence-electron chi connectivity index (χ1n) is 5.92. The van der Waals surface area contributed by atoms with Crippen molar-refractivity contribution in [3.05, 3.63) is 47.8 Å². The number of nitrogens with zero attached hydrogens (tertiary/aromatic N) is 2. The average Bonchev–Trinajstić information content (AvgIpc) is 2.76. The van der Waals surface area contributed by atoms with E-state index in [1.165, 1.54) is 0 Å². The molecule has 4 heteroatoms. The van der Waals surface area contributed by atoms with Gasteiger partial charge in [-0.3, -0.25) is 9.48 Å². The molecule has 1 heterocycles. The SMILES string of the molecule is CCOc1ccc(C(=O)Cc2cnn(C)c2)cc1. The Morgan fingerprint density at radius 1 is 1.33 bits per heavy atom. The molecule has 0 saturated carbocycles. The summed E-state index contributed by atoms with van der Waals surface area (Å²) in [5, 5.41) is 4.05. The van der Waals surface area contributed by atoms with E-state index >= 15 is 0 Å². The van der Waals surface area contributed by atoms with Gasteiger partial charge in [-0.25, -0.2) is 0 Å². The second kappa shape index (κ2) is 5.49. The Hall–Kier alpha value is -2.10. The van der Waals surface area contributed by atoms with Gasteiger partial charge >= 0.3 is 0 Å². The van der Waals surface area contributed by atoms with E-state index in [0.717, 1.165) is 11.3 Å². The molecule has 1 aromatic carbocycles. The van der Waals surface area contributed by atoms with Crippen LogP contribution in [-0.4, -0.2) is 22.2 Å². The molecule has 0 unspecified atom stereocenters. The summed E-state index contributed by atoms with van der Waals surface area (Å²) >= 11 is 0. The standard InChI is InChI=1S/C14H16N2O2/c1-3-18-13-6-4-12(5-7-13)14(17)8-11-9-15-16(2)10-11/h4-7,9-10H,3,8H2,1-2H3.